The highest BCUT2D eigenvalue weighted by Gasteiger charge is 2.12. The van der Waals surface area contributed by atoms with E-state index in [1.165, 1.54) is 42.4 Å². The van der Waals surface area contributed by atoms with Gasteiger partial charge in [-0.2, -0.15) is 0 Å². The van der Waals surface area contributed by atoms with E-state index in [0.717, 1.165) is 0 Å². The van der Waals surface area contributed by atoms with Crippen molar-refractivity contribution < 1.29 is 0 Å². The van der Waals surface area contributed by atoms with Gasteiger partial charge in [0.15, 0.2) is 0 Å². The minimum Gasteiger partial charge on any atom is -0.362 e. The smallest absolute Gasteiger partial charge is 0.111 e. The minimum absolute atomic E-state index is 1.18. The molecule has 0 saturated carbocycles. The van der Waals surface area contributed by atoms with Crippen LogP contribution in [0.4, 0.5) is 5.00 Å². The third kappa shape index (κ3) is 1.61. The molecular formula is C9H14N2S. The van der Waals surface area contributed by atoms with E-state index in [-0.39, 0.29) is 0 Å². The first kappa shape index (κ1) is 8.05. The summed E-state index contributed by atoms with van der Waals surface area (Å²) in [7, 11) is 0. The molecule has 1 fully saturated rings. The topological polar surface area (TPSA) is 16.1 Å². The molecule has 2 heterocycles. The van der Waals surface area contributed by atoms with E-state index in [9.17, 15) is 0 Å². The van der Waals surface area contributed by atoms with Crippen LogP contribution >= 0.6 is 11.3 Å². The molecule has 0 aromatic carbocycles. The molecule has 12 heavy (non-hydrogen) atoms. The Labute approximate surface area is 77.2 Å². The second-order valence-corrected chi connectivity index (χ2v) is 4.48. The molecule has 0 amide bonds. The van der Waals surface area contributed by atoms with Gasteiger partial charge < -0.3 is 4.90 Å². The van der Waals surface area contributed by atoms with Gasteiger partial charge in [-0.3, -0.25) is 0 Å². The van der Waals surface area contributed by atoms with Crippen molar-refractivity contribution in [3.63, 3.8) is 0 Å². The summed E-state index contributed by atoms with van der Waals surface area (Å²) >= 11 is 1.81. The summed E-state index contributed by atoms with van der Waals surface area (Å²) < 4.78 is 0. The van der Waals surface area contributed by atoms with Crippen LogP contribution in [0.1, 0.15) is 24.3 Å². The predicted octanol–water partition coefficient (Wildman–Crippen LogP) is 2.44. The maximum Gasteiger partial charge on any atom is 0.111 e. The number of hydrogen-bond acceptors (Lipinski definition) is 3. The van der Waals surface area contributed by atoms with Gasteiger partial charge in [0.1, 0.15) is 5.00 Å². The fourth-order valence-corrected chi connectivity index (χ4v) is 2.44. The number of aromatic nitrogens is 1. The van der Waals surface area contributed by atoms with Crippen LogP contribution in [-0.2, 0) is 0 Å². The van der Waals surface area contributed by atoms with Gasteiger partial charge in [0.2, 0.25) is 0 Å². The number of rotatable bonds is 1. The van der Waals surface area contributed by atoms with Crippen molar-refractivity contribution in [1.82, 2.24) is 4.98 Å². The second-order valence-electron chi connectivity index (χ2n) is 3.27. The van der Waals surface area contributed by atoms with Crippen molar-refractivity contribution in [3.8, 4) is 0 Å². The van der Waals surface area contributed by atoms with Crippen LogP contribution in [0, 0.1) is 6.92 Å². The van der Waals surface area contributed by atoms with E-state index in [1.807, 2.05) is 17.5 Å². The molecule has 66 valence electrons. The normalized spacial score (nSPS) is 18.2. The molecule has 1 aliphatic heterocycles. The van der Waals surface area contributed by atoms with Crippen molar-refractivity contribution in [2.24, 2.45) is 0 Å². The molecule has 0 spiro atoms. The van der Waals surface area contributed by atoms with E-state index in [4.69, 9.17) is 0 Å². The number of hydrogen-bond donors (Lipinski definition) is 0. The highest BCUT2D eigenvalue weighted by atomic mass is 32.1. The summed E-state index contributed by atoms with van der Waals surface area (Å²) in [4.78, 5) is 6.72. The van der Waals surface area contributed by atoms with Crippen LogP contribution in [0.2, 0.25) is 0 Å². The van der Waals surface area contributed by atoms with Gasteiger partial charge in [-0.15, -0.1) is 11.3 Å². The summed E-state index contributed by atoms with van der Waals surface area (Å²) in [5, 5.41) is 2.53. The Bertz CT molecular complexity index is 251. The van der Waals surface area contributed by atoms with Crippen molar-refractivity contribution in [1.29, 1.82) is 0 Å². The first-order valence-corrected chi connectivity index (χ1v) is 5.35. The van der Waals surface area contributed by atoms with Crippen molar-refractivity contribution >= 4 is 16.3 Å². The van der Waals surface area contributed by atoms with E-state index < -0.39 is 0 Å². The molecule has 2 rings (SSSR count). The Morgan fingerprint density at radius 2 is 2.08 bits per heavy atom. The van der Waals surface area contributed by atoms with Crippen molar-refractivity contribution in [3.05, 3.63) is 11.2 Å². The van der Waals surface area contributed by atoms with Crippen molar-refractivity contribution in [2.45, 2.75) is 26.2 Å². The van der Waals surface area contributed by atoms with E-state index >= 15 is 0 Å². The first-order valence-electron chi connectivity index (χ1n) is 4.53. The van der Waals surface area contributed by atoms with E-state index in [1.54, 1.807) is 0 Å². The van der Waals surface area contributed by atoms with E-state index in [0.29, 0.717) is 0 Å². The maximum atomic E-state index is 4.27. The molecule has 2 nitrogen and oxygen atoms in total. The average Bonchev–Trinajstić information content (AvgIpc) is 2.54. The van der Waals surface area contributed by atoms with Gasteiger partial charge >= 0.3 is 0 Å². The van der Waals surface area contributed by atoms with Crippen LogP contribution in [0.5, 0.6) is 0 Å². The summed E-state index contributed by atoms with van der Waals surface area (Å²) in [6.45, 7) is 4.52. The Hall–Kier alpha value is -0.570. The van der Waals surface area contributed by atoms with Crippen LogP contribution in [-0.4, -0.2) is 18.1 Å². The molecule has 1 aliphatic rings. The maximum absolute atomic E-state index is 4.27. The lowest BCUT2D eigenvalue weighted by Gasteiger charge is -2.26. The Morgan fingerprint density at radius 3 is 2.67 bits per heavy atom. The fourth-order valence-electron chi connectivity index (χ4n) is 1.61. The van der Waals surface area contributed by atoms with Gasteiger partial charge in [-0.25, -0.2) is 4.98 Å². The van der Waals surface area contributed by atoms with Gasteiger partial charge in [0, 0.05) is 13.1 Å². The van der Waals surface area contributed by atoms with Gasteiger partial charge in [-0.05, 0) is 26.2 Å². The molecule has 0 aliphatic carbocycles. The first-order chi connectivity index (χ1) is 5.86. The number of nitrogens with zero attached hydrogens (tertiary/aromatic N) is 2. The third-order valence-corrected chi connectivity index (χ3v) is 3.25. The molecule has 0 radical (unpaired) electrons. The standard InChI is InChI=1S/C9H14N2S/c1-8-10-7-9(12-8)11-5-3-2-4-6-11/h7H,2-6H2,1H3. The molecule has 1 aromatic heterocycles. The van der Waals surface area contributed by atoms with Gasteiger partial charge in [0.25, 0.3) is 0 Å². The molecule has 0 atom stereocenters. The summed E-state index contributed by atoms with van der Waals surface area (Å²) in [6.07, 6.45) is 6.09. The molecule has 0 bridgehead atoms. The minimum atomic E-state index is 1.18. The van der Waals surface area contributed by atoms with Crippen LogP contribution in [0.25, 0.3) is 0 Å². The predicted molar refractivity (Wildman–Crippen MR) is 52.9 cm³/mol. The fraction of sp³-hybridized carbons (Fsp3) is 0.667. The quantitative estimate of drug-likeness (QED) is 0.663. The number of anilines is 1. The second kappa shape index (κ2) is 3.44. The SMILES string of the molecule is Cc1ncc(N2CCCCC2)s1. The molecule has 0 unspecified atom stereocenters. The Balaban J connectivity index is 2.08. The Morgan fingerprint density at radius 1 is 1.33 bits per heavy atom. The third-order valence-electron chi connectivity index (χ3n) is 2.28. The zero-order valence-electron chi connectivity index (χ0n) is 7.42. The molecule has 1 saturated heterocycles. The largest absolute Gasteiger partial charge is 0.362 e. The molecule has 1 aromatic rings. The zero-order chi connectivity index (χ0) is 8.39. The lowest BCUT2D eigenvalue weighted by molar-refractivity contribution is 0.580. The molecular weight excluding hydrogens is 168 g/mol. The summed E-state index contributed by atoms with van der Waals surface area (Å²) in [5.74, 6) is 0. The lowest BCUT2D eigenvalue weighted by atomic mass is 10.1. The number of aryl methyl sites for hydroxylation is 1. The highest BCUT2D eigenvalue weighted by Crippen LogP contribution is 2.25. The number of piperidine rings is 1. The molecule has 0 N–H and O–H groups in total. The van der Waals surface area contributed by atoms with Gasteiger partial charge in [0.05, 0.1) is 11.2 Å². The average molecular weight is 182 g/mol. The van der Waals surface area contributed by atoms with Crippen LogP contribution < -0.4 is 4.90 Å². The Kier molecular flexibility index (Phi) is 2.30. The van der Waals surface area contributed by atoms with Crippen molar-refractivity contribution in [2.75, 3.05) is 18.0 Å². The zero-order valence-corrected chi connectivity index (χ0v) is 8.23. The summed E-state index contributed by atoms with van der Waals surface area (Å²) in [6, 6.07) is 0. The molecule has 3 heteroatoms. The monoisotopic (exact) mass is 182 g/mol. The highest BCUT2D eigenvalue weighted by molar-refractivity contribution is 7.15. The summed E-state index contributed by atoms with van der Waals surface area (Å²) in [5.41, 5.74) is 0. The van der Waals surface area contributed by atoms with E-state index in [2.05, 4.69) is 16.8 Å². The van der Waals surface area contributed by atoms with Gasteiger partial charge in [-0.1, -0.05) is 0 Å². The van der Waals surface area contributed by atoms with Crippen LogP contribution in [0.3, 0.4) is 0 Å². The lowest BCUT2D eigenvalue weighted by Crippen LogP contribution is -2.28. The number of thiazole rings is 1. The van der Waals surface area contributed by atoms with Crippen LogP contribution in [0.15, 0.2) is 6.20 Å².